The number of pyridine rings is 1. The smallest absolute Gasteiger partial charge is 0.252 e. The minimum Gasteiger partial charge on any atom is -0.393 e. The zero-order chi connectivity index (χ0) is 16.1. The third-order valence-electron chi connectivity index (χ3n) is 5.08. The van der Waals surface area contributed by atoms with Crippen LogP contribution in [-0.2, 0) is 0 Å². The summed E-state index contributed by atoms with van der Waals surface area (Å²) in [6, 6.07) is 3.80. The Kier molecular flexibility index (Phi) is 5.49. The van der Waals surface area contributed by atoms with E-state index in [-0.39, 0.29) is 17.9 Å². The third-order valence-corrected chi connectivity index (χ3v) is 5.08. The summed E-state index contributed by atoms with van der Waals surface area (Å²) in [5.74, 6) is 1.07. The fourth-order valence-corrected chi connectivity index (χ4v) is 3.59. The van der Waals surface area contributed by atoms with Crippen LogP contribution in [0.3, 0.4) is 0 Å². The van der Waals surface area contributed by atoms with Crippen molar-refractivity contribution in [2.45, 2.75) is 51.0 Å². The van der Waals surface area contributed by atoms with Gasteiger partial charge in [-0.3, -0.25) is 4.79 Å². The molecule has 2 fully saturated rings. The van der Waals surface area contributed by atoms with Crippen LogP contribution in [0.4, 0.5) is 5.82 Å². The minimum atomic E-state index is -0.265. The quantitative estimate of drug-likeness (QED) is 0.895. The molecular weight excluding hydrogens is 290 g/mol. The van der Waals surface area contributed by atoms with Gasteiger partial charge in [0.25, 0.3) is 5.91 Å². The Morgan fingerprint density at radius 1 is 1.17 bits per heavy atom. The summed E-state index contributed by atoms with van der Waals surface area (Å²) < 4.78 is 0. The molecule has 2 N–H and O–H groups in total. The number of rotatable bonds is 4. The number of carbonyl (C=O) groups is 1. The third kappa shape index (κ3) is 4.22. The largest absolute Gasteiger partial charge is 0.393 e. The molecule has 1 aromatic rings. The summed E-state index contributed by atoms with van der Waals surface area (Å²) in [4.78, 5) is 19.0. The number of aliphatic hydroxyl groups excluding tert-OH is 1. The molecule has 2 aliphatic rings. The van der Waals surface area contributed by atoms with Gasteiger partial charge in [-0.1, -0.05) is 19.3 Å². The summed E-state index contributed by atoms with van der Waals surface area (Å²) in [5, 5.41) is 12.7. The lowest BCUT2D eigenvalue weighted by Gasteiger charge is -2.21. The van der Waals surface area contributed by atoms with E-state index < -0.39 is 0 Å². The topological polar surface area (TPSA) is 65.5 Å². The maximum atomic E-state index is 12.2. The Bertz CT molecular complexity index is 510. The highest BCUT2D eigenvalue weighted by molar-refractivity contribution is 5.94. The van der Waals surface area contributed by atoms with E-state index in [0.717, 1.165) is 38.2 Å². The van der Waals surface area contributed by atoms with Crippen molar-refractivity contribution in [3.05, 3.63) is 23.9 Å². The molecule has 2 atom stereocenters. The van der Waals surface area contributed by atoms with Crippen LogP contribution in [0.1, 0.15) is 55.3 Å². The Balaban J connectivity index is 1.54. The molecule has 126 valence electrons. The van der Waals surface area contributed by atoms with E-state index in [1.54, 1.807) is 6.20 Å². The highest BCUT2D eigenvalue weighted by Crippen LogP contribution is 2.24. The van der Waals surface area contributed by atoms with Crippen molar-refractivity contribution in [1.82, 2.24) is 10.3 Å². The molecule has 1 aromatic heterocycles. The van der Waals surface area contributed by atoms with Crippen LogP contribution in [0.2, 0.25) is 0 Å². The van der Waals surface area contributed by atoms with Gasteiger partial charge >= 0.3 is 0 Å². The molecule has 0 aromatic carbocycles. The SMILES string of the molecule is O=C(NCC1CCCC1O)c1ccc(N2CCCCCC2)nc1. The number of nitrogens with zero attached hydrogens (tertiary/aromatic N) is 2. The molecule has 1 saturated heterocycles. The van der Waals surface area contributed by atoms with Crippen LogP contribution in [0.5, 0.6) is 0 Å². The first-order valence-electron chi connectivity index (χ1n) is 8.91. The Morgan fingerprint density at radius 3 is 2.57 bits per heavy atom. The van der Waals surface area contributed by atoms with Crippen molar-refractivity contribution in [3.8, 4) is 0 Å². The molecule has 5 heteroatoms. The van der Waals surface area contributed by atoms with Gasteiger partial charge in [-0.2, -0.15) is 0 Å². The molecule has 0 bridgehead atoms. The van der Waals surface area contributed by atoms with Crippen LogP contribution in [0.25, 0.3) is 0 Å². The molecule has 2 heterocycles. The zero-order valence-corrected chi connectivity index (χ0v) is 13.7. The number of hydrogen-bond acceptors (Lipinski definition) is 4. The lowest BCUT2D eigenvalue weighted by atomic mass is 10.1. The summed E-state index contributed by atoms with van der Waals surface area (Å²) >= 11 is 0. The number of amides is 1. The van der Waals surface area contributed by atoms with Gasteiger partial charge in [0.1, 0.15) is 5.82 Å². The molecule has 3 rings (SSSR count). The van der Waals surface area contributed by atoms with E-state index in [4.69, 9.17) is 0 Å². The average molecular weight is 317 g/mol. The van der Waals surface area contributed by atoms with Crippen molar-refractivity contribution in [2.75, 3.05) is 24.5 Å². The predicted octanol–water partition coefficient (Wildman–Crippen LogP) is 2.35. The van der Waals surface area contributed by atoms with E-state index in [0.29, 0.717) is 12.1 Å². The molecule has 2 unspecified atom stereocenters. The highest BCUT2D eigenvalue weighted by Gasteiger charge is 2.25. The van der Waals surface area contributed by atoms with Gasteiger partial charge in [-0.15, -0.1) is 0 Å². The van der Waals surface area contributed by atoms with Gasteiger partial charge in [-0.05, 0) is 37.8 Å². The first-order valence-corrected chi connectivity index (χ1v) is 8.91. The molecule has 23 heavy (non-hydrogen) atoms. The van der Waals surface area contributed by atoms with Gasteiger partial charge in [0.05, 0.1) is 11.7 Å². The number of carbonyl (C=O) groups excluding carboxylic acids is 1. The summed E-state index contributed by atoms with van der Waals surface area (Å²) in [6.07, 6.45) is 9.32. The standard InChI is InChI=1S/C18H27N3O2/c22-16-7-5-6-14(16)12-20-18(23)15-8-9-17(19-13-15)21-10-3-1-2-4-11-21/h8-9,13-14,16,22H,1-7,10-12H2,(H,20,23). The first-order chi connectivity index (χ1) is 11.2. The van der Waals surface area contributed by atoms with E-state index in [9.17, 15) is 9.90 Å². The summed E-state index contributed by atoms with van der Waals surface area (Å²) in [5.41, 5.74) is 0.594. The second-order valence-electron chi connectivity index (χ2n) is 6.77. The van der Waals surface area contributed by atoms with Crippen LogP contribution >= 0.6 is 0 Å². The van der Waals surface area contributed by atoms with Crippen molar-refractivity contribution >= 4 is 11.7 Å². The number of anilines is 1. The molecule has 1 aliphatic heterocycles. The van der Waals surface area contributed by atoms with E-state index in [1.807, 2.05) is 12.1 Å². The highest BCUT2D eigenvalue weighted by atomic mass is 16.3. The van der Waals surface area contributed by atoms with Crippen molar-refractivity contribution < 1.29 is 9.90 Å². The first kappa shape index (κ1) is 16.2. The summed E-state index contributed by atoms with van der Waals surface area (Å²) in [6.45, 7) is 2.66. The molecule has 1 aliphatic carbocycles. The Labute approximate surface area is 138 Å². The van der Waals surface area contributed by atoms with E-state index >= 15 is 0 Å². The maximum Gasteiger partial charge on any atom is 0.252 e. The van der Waals surface area contributed by atoms with Crippen molar-refractivity contribution in [1.29, 1.82) is 0 Å². The van der Waals surface area contributed by atoms with Gasteiger partial charge in [0.15, 0.2) is 0 Å². The fraction of sp³-hybridized carbons (Fsp3) is 0.667. The number of nitrogens with one attached hydrogen (secondary N) is 1. The molecule has 1 saturated carbocycles. The maximum absolute atomic E-state index is 12.2. The monoisotopic (exact) mass is 317 g/mol. The predicted molar refractivity (Wildman–Crippen MR) is 90.6 cm³/mol. The normalized spacial score (nSPS) is 25.2. The van der Waals surface area contributed by atoms with Gasteiger partial charge in [0, 0.05) is 31.7 Å². The second kappa shape index (κ2) is 7.77. The van der Waals surface area contributed by atoms with Crippen molar-refractivity contribution in [2.24, 2.45) is 5.92 Å². The molecule has 0 radical (unpaired) electrons. The molecule has 5 nitrogen and oxygen atoms in total. The zero-order valence-electron chi connectivity index (χ0n) is 13.7. The second-order valence-corrected chi connectivity index (χ2v) is 6.77. The van der Waals surface area contributed by atoms with Crippen LogP contribution in [0.15, 0.2) is 18.3 Å². The average Bonchev–Trinajstić information content (AvgIpc) is 2.82. The van der Waals surface area contributed by atoms with E-state index in [1.165, 1.54) is 25.7 Å². The molecular formula is C18H27N3O2. The van der Waals surface area contributed by atoms with Gasteiger partial charge in [0.2, 0.25) is 0 Å². The number of aliphatic hydroxyl groups is 1. The van der Waals surface area contributed by atoms with E-state index in [2.05, 4.69) is 15.2 Å². The number of hydrogen-bond donors (Lipinski definition) is 2. The lowest BCUT2D eigenvalue weighted by Crippen LogP contribution is -2.32. The van der Waals surface area contributed by atoms with Crippen LogP contribution in [0, 0.1) is 5.92 Å². The van der Waals surface area contributed by atoms with Crippen molar-refractivity contribution in [3.63, 3.8) is 0 Å². The number of aromatic nitrogens is 1. The van der Waals surface area contributed by atoms with Gasteiger partial charge in [-0.25, -0.2) is 4.98 Å². The Morgan fingerprint density at radius 2 is 1.96 bits per heavy atom. The molecule has 1 amide bonds. The van der Waals surface area contributed by atoms with Crippen LogP contribution < -0.4 is 10.2 Å². The molecule has 0 spiro atoms. The lowest BCUT2D eigenvalue weighted by molar-refractivity contribution is 0.0916. The van der Waals surface area contributed by atoms with Crippen LogP contribution in [-0.4, -0.2) is 41.7 Å². The summed E-state index contributed by atoms with van der Waals surface area (Å²) in [7, 11) is 0. The van der Waals surface area contributed by atoms with Gasteiger partial charge < -0.3 is 15.3 Å². The Hall–Kier alpha value is -1.62. The fourth-order valence-electron chi connectivity index (χ4n) is 3.59. The minimum absolute atomic E-state index is 0.0981.